The van der Waals surface area contributed by atoms with E-state index in [0.29, 0.717) is 0 Å². The van der Waals surface area contributed by atoms with E-state index in [2.05, 4.69) is 10.2 Å². The molecule has 0 spiro atoms. The van der Waals surface area contributed by atoms with Gasteiger partial charge in [0.05, 0.1) is 5.41 Å². The van der Waals surface area contributed by atoms with Crippen molar-refractivity contribution in [3.8, 4) is 0 Å². The van der Waals surface area contributed by atoms with Crippen LogP contribution in [0.1, 0.15) is 5.56 Å². The maximum absolute atomic E-state index is 10.5. The molecule has 1 heterocycles. The lowest BCUT2D eigenvalue weighted by molar-refractivity contribution is -0.425. The SMILES string of the molecule is O=NC1=NC([N+](=O)[O-])=CS1=Cc1ccccc1. The predicted octanol–water partition coefficient (Wildman–Crippen LogP) is 2.32. The van der Waals surface area contributed by atoms with E-state index in [9.17, 15) is 15.0 Å². The lowest BCUT2D eigenvalue weighted by atomic mass is 10.2. The second-order valence-corrected chi connectivity index (χ2v) is 4.70. The summed E-state index contributed by atoms with van der Waals surface area (Å²) in [5, 5.41) is 16.3. The van der Waals surface area contributed by atoms with Gasteiger partial charge in [-0.1, -0.05) is 40.8 Å². The molecule has 2 rings (SSSR count). The molecule has 6 nitrogen and oxygen atoms in total. The van der Waals surface area contributed by atoms with Crippen molar-refractivity contribution < 1.29 is 4.92 Å². The lowest BCUT2D eigenvalue weighted by Gasteiger charge is -1.93. The first kappa shape index (κ1) is 11.3. The van der Waals surface area contributed by atoms with Crippen LogP contribution < -0.4 is 0 Å². The van der Waals surface area contributed by atoms with Crippen molar-refractivity contribution in [3.63, 3.8) is 0 Å². The molecule has 7 heteroatoms. The molecule has 1 atom stereocenters. The van der Waals surface area contributed by atoms with Gasteiger partial charge in [0.2, 0.25) is 0 Å². The van der Waals surface area contributed by atoms with E-state index < -0.39 is 15.4 Å². The van der Waals surface area contributed by atoms with Crippen LogP contribution in [0.15, 0.2) is 51.7 Å². The van der Waals surface area contributed by atoms with E-state index in [1.807, 2.05) is 30.3 Å². The number of nitroso groups, excluding NO2 is 1. The van der Waals surface area contributed by atoms with Crippen LogP contribution >= 0.6 is 10.5 Å². The summed E-state index contributed by atoms with van der Waals surface area (Å²) in [5.74, 6) is -0.324. The highest BCUT2D eigenvalue weighted by Gasteiger charge is 2.25. The van der Waals surface area contributed by atoms with Crippen LogP contribution in [-0.2, 0) is 0 Å². The fraction of sp³-hybridized carbons (Fsp3) is 0. The first-order chi connectivity index (χ1) is 8.20. The second kappa shape index (κ2) is 4.79. The fourth-order valence-electron chi connectivity index (χ4n) is 1.26. The van der Waals surface area contributed by atoms with E-state index in [-0.39, 0.29) is 11.0 Å². The number of aliphatic imine (C=N–C) groups is 1. The Morgan fingerprint density at radius 2 is 2.06 bits per heavy atom. The Bertz CT molecular complexity index is 563. The maximum Gasteiger partial charge on any atom is 0.373 e. The van der Waals surface area contributed by atoms with Crippen LogP contribution in [-0.4, -0.2) is 15.5 Å². The molecular formula is C10H7N3O3S. The van der Waals surface area contributed by atoms with Crippen molar-refractivity contribution >= 4 is 21.0 Å². The van der Waals surface area contributed by atoms with Gasteiger partial charge in [-0.3, -0.25) is 0 Å². The number of hydrogen-bond donors (Lipinski definition) is 0. The molecule has 0 fully saturated rings. The minimum absolute atomic E-state index is 0.0550. The van der Waals surface area contributed by atoms with Crippen LogP contribution in [0.3, 0.4) is 0 Å². The highest BCUT2D eigenvalue weighted by Crippen LogP contribution is 2.29. The number of hydrogen-bond acceptors (Lipinski definition) is 5. The Labute approximate surface area is 98.7 Å². The summed E-state index contributed by atoms with van der Waals surface area (Å²) >= 11 is 0. The van der Waals surface area contributed by atoms with Crippen molar-refractivity contribution in [2.75, 3.05) is 0 Å². The van der Waals surface area contributed by atoms with Gasteiger partial charge in [-0.05, 0) is 20.8 Å². The van der Waals surface area contributed by atoms with Crippen LogP contribution in [0.25, 0.3) is 0 Å². The molecule has 0 radical (unpaired) electrons. The zero-order valence-electron chi connectivity index (χ0n) is 8.52. The highest BCUT2D eigenvalue weighted by atomic mass is 32.2. The summed E-state index contributed by atoms with van der Waals surface area (Å²) in [5.41, 5.74) is 0.869. The van der Waals surface area contributed by atoms with Gasteiger partial charge >= 0.3 is 11.0 Å². The summed E-state index contributed by atoms with van der Waals surface area (Å²) in [7, 11) is -0.825. The molecule has 1 aliphatic heterocycles. The predicted molar refractivity (Wildman–Crippen MR) is 67.5 cm³/mol. The summed E-state index contributed by atoms with van der Waals surface area (Å²) in [6.07, 6.45) is 0. The molecule has 0 amide bonds. The van der Waals surface area contributed by atoms with Gasteiger partial charge in [-0.25, -0.2) is 0 Å². The maximum atomic E-state index is 10.5. The van der Waals surface area contributed by atoms with Crippen molar-refractivity contribution in [1.29, 1.82) is 0 Å². The first-order valence-electron chi connectivity index (χ1n) is 4.61. The topological polar surface area (TPSA) is 84.9 Å². The average Bonchev–Trinajstić information content (AvgIpc) is 2.74. The van der Waals surface area contributed by atoms with Crippen molar-refractivity contribution in [2.45, 2.75) is 0 Å². The summed E-state index contributed by atoms with van der Waals surface area (Å²) in [6, 6.07) is 9.23. The lowest BCUT2D eigenvalue weighted by Crippen LogP contribution is -1.92. The van der Waals surface area contributed by atoms with Gasteiger partial charge in [0.15, 0.2) is 0 Å². The molecule has 1 aromatic rings. The minimum Gasteiger partial charge on any atom is -0.358 e. The van der Waals surface area contributed by atoms with Crippen LogP contribution in [0.2, 0.25) is 0 Å². The van der Waals surface area contributed by atoms with Crippen molar-refractivity contribution in [2.24, 2.45) is 10.2 Å². The van der Waals surface area contributed by atoms with Gasteiger partial charge in [0.25, 0.3) is 0 Å². The third kappa shape index (κ3) is 2.51. The summed E-state index contributed by atoms with van der Waals surface area (Å²) in [4.78, 5) is 24.0. The zero-order valence-corrected chi connectivity index (χ0v) is 9.33. The summed E-state index contributed by atoms with van der Waals surface area (Å²) in [6.45, 7) is 0. The van der Waals surface area contributed by atoms with Gasteiger partial charge in [0, 0.05) is 5.18 Å². The number of nitro groups is 1. The molecule has 0 aromatic heterocycles. The molecular weight excluding hydrogens is 242 g/mol. The third-order valence-electron chi connectivity index (χ3n) is 1.98. The number of nitrogens with zero attached hydrogens (tertiary/aromatic N) is 3. The van der Waals surface area contributed by atoms with Gasteiger partial charge in [-0.15, -0.1) is 4.91 Å². The van der Waals surface area contributed by atoms with E-state index in [0.717, 1.165) is 5.56 Å². The molecule has 0 bridgehead atoms. The van der Waals surface area contributed by atoms with E-state index >= 15 is 0 Å². The minimum atomic E-state index is -0.825. The second-order valence-electron chi connectivity index (χ2n) is 3.12. The Hall–Kier alpha value is -2.15. The molecule has 86 valence electrons. The molecule has 1 unspecified atom stereocenters. The quantitative estimate of drug-likeness (QED) is 0.349. The highest BCUT2D eigenvalue weighted by molar-refractivity contribution is 8.30. The Balaban J connectivity index is 2.40. The van der Waals surface area contributed by atoms with Gasteiger partial charge in [0.1, 0.15) is 0 Å². The number of benzene rings is 1. The van der Waals surface area contributed by atoms with Crippen LogP contribution in [0.4, 0.5) is 0 Å². The van der Waals surface area contributed by atoms with Gasteiger partial charge in [-0.2, -0.15) is 0 Å². The molecule has 1 aromatic carbocycles. The molecule has 17 heavy (non-hydrogen) atoms. The smallest absolute Gasteiger partial charge is 0.358 e. The number of amidine groups is 1. The molecule has 0 saturated heterocycles. The van der Waals surface area contributed by atoms with Gasteiger partial charge < -0.3 is 10.1 Å². The molecule has 0 saturated carbocycles. The molecule has 0 aliphatic carbocycles. The van der Waals surface area contributed by atoms with Crippen LogP contribution in [0.5, 0.6) is 0 Å². The van der Waals surface area contributed by atoms with E-state index in [1.165, 1.54) is 5.41 Å². The molecule has 0 N–H and O–H groups in total. The van der Waals surface area contributed by atoms with Crippen LogP contribution in [0, 0.1) is 15.0 Å². The first-order valence-corrected chi connectivity index (χ1v) is 5.96. The van der Waals surface area contributed by atoms with Crippen molar-refractivity contribution in [3.05, 3.63) is 62.1 Å². The fourth-order valence-corrected chi connectivity index (χ4v) is 2.64. The average molecular weight is 249 g/mol. The van der Waals surface area contributed by atoms with E-state index in [4.69, 9.17) is 0 Å². The summed E-state index contributed by atoms with van der Waals surface area (Å²) < 4.78 is 0. The standard InChI is InChI=1S/C10H7N3O3S/c14-12-10-11-9(13(15)16)7-17(10)6-8-4-2-1-3-5-8/h1-7H. The Kier molecular flexibility index (Phi) is 3.20. The number of rotatable bonds is 2. The van der Waals surface area contributed by atoms with Crippen molar-refractivity contribution in [1.82, 2.24) is 0 Å². The monoisotopic (exact) mass is 249 g/mol. The Morgan fingerprint density at radius 3 is 2.65 bits per heavy atom. The Morgan fingerprint density at radius 1 is 1.35 bits per heavy atom. The normalized spacial score (nSPS) is 18.7. The molecule has 1 aliphatic rings. The zero-order chi connectivity index (χ0) is 12.3. The third-order valence-corrected chi connectivity index (χ3v) is 3.56. The van der Waals surface area contributed by atoms with E-state index in [1.54, 1.807) is 5.37 Å². The largest absolute Gasteiger partial charge is 0.373 e.